The van der Waals surface area contributed by atoms with Crippen LogP contribution in [-0.4, -0.2) is 30.8 Å². The van der Waals surface area contributed by atoms with E-state index in [1.165, 1.54) is 95.0 Å². The largest absolute Gasteiger partial charge is 0.365 e. The highest BCUT2D eigenvalue weighted by molar-refractivity contribution is 7.16. The normalized spacial score (nSPS) is 11.0. The summed E-state index contributed by atoms with van der Waals surface area (Å²) in [7, 11) is 3.56. The molecular formula is C62H95N3O2S6. The summed E-state index contributed by atoms with van der Waals surface area (Å²) in [6.07, 6.45) is 8.03. The van der Waals surface area contributed by atoms with Crippen molar-refractivity contribution in [1.82, 2.24) is 4.90 Å². The van der Waals surface area contributed by atoms with Crippen molar-refractivity contribution in [2.45, 2.75) is 181 Å². The average molecular weight is 1110 g/mol. The van der Waals surface area contributed by atoms with E-state index in [1.54, 1.807) is 36.4 Å². The highest BCUT2D eigenvalue weighted by atomic mass is 32.1. The minimum Gasteiger partial charge on any atom is -0.365 e. The van der Waals surface area contributed by atoms with Crippen molar-refractivity contribution in [3.05, 3.63) is 138 Å². The van der Waals surface area contributed by atoms with Gasteiger partial charge in [-0.15, -0.1) is 56.7 Å². The molecule has 6 aromatic heterocycles. The molecule has 0 saturated carbocycles. The molecule has 5 nitrogen and oxygen atoms in total. The molecule has 0 fully saturated rings. The van der Waals surface area contributed by atoms with Crippen molar-refractivity contribution >= 4 is 84.8 Å². The average Bonchev–Trinajstić information content (AvgIpc) is 4.13. The van der Waals surface area contributed by atoms with E-state index in [4.69, 9.17) is 12.3 Å². The maximum atomic E-state index is 11.6. The van der Waals surface area contributed by atoms with Crippen molar-refractivity contribution in [2.24, 2.45) is 41.2 Å². The Morgan fingerprint density at radius 1 is 0.548 bits per heavy atom. The van der Waals surface area contributed by atoms with Gasteiger partial charge in [0, 0.05) is 33.6 Å². The van der Waals surface area contributed by atoms with Crippen molar-refractivity contribution in [3.63, 3.8) is 0 Å². The van der Waals surface area contributed by atoms with E-state index in [9.17, 15) is 9.59 Å². The summed E-state index contributed by atoms with van der Waals surface area (Å²) in [4.78, 5) is 35.9. The van der Waals surface area contributed by atoms with E-state index in [0.29, 0.717) is 34.0 Å². The molecule has 0 unspecified atom stereocenters. The lowest BCUT2D eigenvalue weighted by Crippen LogP contribution is -2.20. The number of carbonyl (C=O) groups is 2. The number of carbonyl (C=O) groups excluding carboxylic acids is 2. The smallest absolute Gasteiger partial charge is 0.263 e. The molecular weight excluding hydrogens is 1010 g/mol. The summed E-state index contributed by atoms with van der Waals surface area (Å²) in [5, 5.41) is 9.78. The maximum absolute atomic E-state index is 11.6. The van der Waals surface area contributed by atoms with Crippen LogP contribution < -0.4 is 5.73 Å². The Bertz CT molecular complexity index is 2450. The zero-order valence-corrected chi connectivity index (χ0v) is 53.6. The zero-order chi connectivity index (χ0) is 55.6. The Hall–Kier alpha value is -3.37. The third kappa shape index (κ3) is 30.1. The highest BCUT2D eigenvalue weighted by Crippen LogP contribution is 2.30. The highest BCUT2D eigenvalue weighted by Gasteiger charge is 2.16. The molecule has 73 heavy (non-hydrogen) atoms. The van der Waals surface area contributed by atoms with Crippen molar-refractivity contribution < 1.29 is 9.59 Å². The van der Waals surface area contributed by atoms with Crippen molar-refractivity contribution in [3.8, 4) is 0 Å². The summed E-state index contributed by atoms with van der Waals surface area (Å²) in [5.74, 6) is 4.76. The number of rotatable bonds is 16. The number of aryl methyl sites for hydroxylation is 1. The number of amides is 2. The van der Waals surface area contributed by atoms with Gasteiger partial charge in [-0.1, -0.05) is 131 Å². The van der Waals surface area contributed by atoms with Gasteiger partial charge in [0.1, 0.15) is 0 Å². The van der Waals surface area contributed by atoms with Crippen LogP contribution in [0.2, 0.25) is 0 Å². The van der Waals surface area contributed by atoms with Crippen LogP contribution >= 0.6 is 68.0 Å². The second-order valence-electron chi connectivity index (χ2n) is 22.9. The van der Waals surface area contributed by atoms with Gasteiger partial charge < -0.3 is 10.6 Å². The molecule has 406 valence electrons. The van der Waals surface area contributed by atoms with Crippen LogP contribution in [0.5, 0.6) is 0 Å². The molecule has 0 aliphatic carbocycles. The van der Waals surface area contributed by atoms with Gasteiger partial charge in [0.15, 0.2) is 0 Å². The first-order valence-electron chi connectivity index (χ1n) is 26.4. The number of nitrogens with two attached hydrogens (primary N) is 1. The van der Waals surface area contributed by atoms with E-state index in [2.05, 4.69) is 175 Å². The molecule has 0 aromatic carbocycles. The molecule has 6 rings (SSSR count). The number of nitrogens with zero attached hydrogens (tertiary/aromatic N) is 2. The van der Waals surface area contributed by atoms with Gasteiger partial charge >= 0.3 is 0 Å². The van der Waals surface area contributed by atoms with Gasteiger partial charge in [-0.3, -0.25) is 9.59 Å². The fourth-order valence-electron chi connectivity index (χ4n) is 7.06. The Morgan fingerprint density at radius 2 is 0.986 bits per heavy atom. The maximum Gasteiger partial charge on any atom is 0.263 e. The van der Waals surface area contributed by atoms with E-state index < -0.39 is 0 Å². The fourth-order valence-corrected chi connectivity index (χ4v) is 12.9. The molecule has 0 saturated heterocycles. The van der Waals surface area contributed by atoms with E-state index in [1.807, 2.05) is 52.2 Å². The van der Waals surface area contributed by atoms with Crippen LogP contribution in [-0.2, 0) is 50.4 Å². The topological polar surface area (TPSA) is 67.8 Å². The fraction of sp³-hybridized carbons (Fsp3) is 0.565. The summed E-state index contributed by atoms with van der Waals surface area (Å²) in [6, 6.07) is 16.8. The van der Waals surface area contributed by atoms with Crippen LogP contribution in [0.25, 0.3) is 4.85 Å². The standard InChI is InChI=1S/C12H20S.C11H17NOS.C11H18S.C10H16S.C9H13NOS.C9H11NS/c1-9(2)6-10-7-11(13-8-10)12(3,4)5;1-8(2)5-9-6-10(14-7-9)11(13)12(3)4;1-8(2)5-10-6-11(9(3)4)12-7-10;1-4-10-6-9(7-11-10)5-8(2)3;1-6(2)5-7-3-4-8(12-7)9(10)11;1-7(2)6-8-4-5-9(10-3)11-8/h7-9H,6H2,1-5H3;6-8H,5H2,1-4H3;6-9H,5H2,1-4H3;6-8H,4-5H2,1-3H3;3-4,6H,5H2,1-2H3,(H2,10,11);4-5,7H,6H2,1-2H3. The number of primary amides is 1. The molecule has 0 radical (unpaired) electrons. The first-order valence-corrected chi connectivity index (χ1v) is 31.5. The molecule has 2 amide bonds. The van der Waals surface area contributed by atoms with Crippen LogP contribution in [0, 0.1) is 42.1 Å². The molecule has 0 aliphatic heterocycles. The van der Waals surface area contributed by atoms with E-state index >= 15 is 0 Å². The Morgan fingerprint density at radius 3 is 1.37 bits per heavy atom. The van der Waals surface area contributed by atoms with Crippen molar-refractivity contribution in [2.75, 3.05) is 14.1 Å². The van der Waals surface area contributed by atoms with Crippen molar-refractivity contribution in [1.29, 1.82) is 0 Å². The van der Waals surface area contributed by atoms with Crippen LogP contribution in [0.4, 0.5) is 5.00 Å². The van der Waals surface area contributed by atoms with Crippen LogP contribution in [0.3, 0.4) is 0 Å². The Balaban J connectivity index is 0.000000439. The molecule has 0 aliphatic rings. The quantitative estimate of drug-likeness (QED) is 0.0982. The minimum atomic E-state index is -0.324. The van der Waals surface area contributed by atoms with Crippen LogP contribution in [0.1, 0.15) is 197 Å². The number of thiophene rings is 6. The van der Waals surface area contributed by atoms with Crippen LogP contribution in [0.15, 0.2) is 70.1 Å². The van der Waals surface area contributed by atoms with Gasteiger partial charge in [0.25, 0.3) is 11.8 Å². The monoisotopic (exact) mass is 1110 g/mol. The minimum absolute atomic E-state index is 0.102. The lowest BCUT2D eigenvalue weighted by molar-refractivity contribution is 0.0831. The molecule has 0 spiro atoms. The first kappa shape index (κ1) is 67.6. The number of hydrogen-bond donors (Lipinski definition) is 1. The Kier molecular flexibility index (Phi) is 32.5. The molecule has 6 aromatic rings. The zero-order valence-electron chi connectivity index (χ0n) is 48.7. The molecule has 0 atom stereocenters. The molecule has 0 bridgehead atoms. The summed E-state index contributed by atoms with van der Waals surface area (Å²) in [5.41, 5.74) is 11.3. The van der Waals surface area contributed by atoms with Gasteiger partial charge in [-0.25, -0.2) is 4.85 Å². The lowest BCUT2D eigenvalue weighted by atomic mass is 9.93. The third-order valence-corrected chi connectivity index (χ3v) is 17.3. The predicted molar refractivity (Wildman–Crippen MR) is 332 cm³/mol. The van der Waals surface area contributed by atoms with Gasteiger partial charge in [0.2, 0.25) is 5.00 Å². The van der Waals surface area contributed by atoms with Gasteiger partial charge in [-0.05, 0) is 183 Å². The first-order chi connectivity index (χ1) is 34.0. The third-order valence-electron chi connectivity index (χ3n) is 10.4. The SMILES string of the molecule is CC(C)Cc1ccc(C(N)=O)s1.CC(C)Cc1csc(C(=O)N(C)C)c1.CC(C)Cc1csc(C(C)(C)C)c1.CC(C)Cc1csc(C(C)C)c1.CCc1cc(CC(C)C)cs1.[C-]#[N+]c1ccc(CC(C)C)s1. The van der Waals surface area contributed by atoms with E-state index in [-0.39, 0.29) is 11.8 Å². The van der Waals surface area contributed by atoms with Gasteiger partial charge in [-0.2, -0.15) is 11.3 Å². The molecule has 11 heteroatoms. The number of hydrogen-bond acceptors (Lipinski definition) is 8. The lowest BCUT2D eigenvalue weighted by Gasteiger charge is -2.15. The summed E-state index contributed by atoms with van der Waals surface area (Å²) in [6.45, 7) is 47.0. The predicted octanol–water partition coefficient (Wildman–Crippen LogP) is 20.0. The molecule has 2 N–H and O–H groups in total. The molecule has 6 heterocycles. The summed E-state index contributed by atoms with van der Waals surface area (Å²) >= 11 is 10.3. The second kappa shape index (κ2) is 35.1. The van der Waals surface area contributed by atoms with Gasteiger partial charge in [0.05, 0.1) is 16.3 Å². The van der Waals surface area contributed by atoms with E-state index in [0.717, 1.165) is 46.9 Å². The summed E-state index contributed by atoms with van der Waals surface area (Å²) < 4.78 is 0. The Labute approximate surface area is 469 Å². The second-order valence-corrected chi connectivity index (χ2v) is 29.0.